The van der Waals surface area contributed by atoms with E-state index in [0.717, 1.165) is 28.5 Å². The molecule has 0 saturated carbocycles. The highest BCUT2D eigenvalue weighted by atomic mass is 32.2. The summed E-state index contributed by atoms with van der Waals surface area (Å²) in [6.07, 6.45) is 0. The largest absolute Gasteiger partial charge is 0.323 e. The average Bonchev–Trinajstić information content (AvgIpc) is 2.76. The van der Waals surface area contributed by atoms with Gasteiger partial charge in [0.05, 0.1) is 28.0 Å². The summed E-state index contributed by atoms with van der Waals surface area (Å²) in [4.78, 5) is 30.5. The summed E-state index contributed by atoms with van der Waals surface area (Å²) in [5.41, 5.74) is 4.10. The molecule has 5 nitrogen and oxygen atoms in total. The molecular weight excluding hydrogens is 425 g/mol. The second-order valence-electron chi connectivity index (χ2n) is 7.64. The van der Waals surface area contributed by atoms with Crippen molar-refractivity contribution in [2.45, 2.75) is 25.9 Å². The smallest absolute Gasteiger partial charge is 0.266 e. The van der Waals surface area contributed by atoms with Crippen molar-refractivity contribution in [3.63, 3.8) is 0 Å². The molecule has 0 spiro atoms. The number of thioether (sulfide) groups is 1. The number of nitrogens with one attached hydrogen (secondary N) is 1. The van der Waals surface area contributed by atoms with E-state index in [9.17, 15) is 14.0 Å². The van der Waals surface area contributed by atoms with Crippen LogP contribution in [-0.4, -0.2) is 21.2 Å². The van der Waals surface area contributed by atoms with Gasteiger partial charge in [0.25, 0.3) is 5.56 Å². The Balaban J connectivity index is 1.68. The first-order chi connectivity index (χ1) is 15.3. The van der Waals surface area contributed by atoms with Gasteiger partial charge in [0.15, 0.2) is 5.16 Å². The molecule has 1 amide bonds. The fourth-order valence-electron chi connectivity index (χ4n) is 3.34. The first-order valence-corrected chi connectivity index (χ1v) is 11.1. The molecule has 3 aromatic carbocycles. The van der Waals surface area contributed by atoms with Gasteiger partial charge in [-0.1, -0.05) is 36.0 Å². The van der Waals surface area contributed by atoms with Gasteiger partial charge in [-0.05, 0) is 73.9 Å². The molecule has 7 heteroatoms. The average molecular weight is 448 g/mol. The fraction of sp³-hybridized carbons (Fsp3) is 0.160. The number of rotatable bonds is 5. The zero-order valence-corrected chi connectivity index (χ0v) is 18.8. The Morgan fingerprint density at radius 2 is 1.81 bits per heavy atom. The van der Waals surface area contributed by atoms with E-state index in [1.165, 1.54) is 16.7 Å². The monoisotopic (exact) mass is 447 g/mol. The van der Waals surface area contributed by atoms with Crippen LogP contribution in [0.5, 0.6) is 0 Å². The third-order valence-corrected chi connectivity index (χ3v) is 6.16. The number of carbonyl (C=O) groups is 1. The molecule has 1 heterocycles. The standard InChI is InChI=1S/C25H22FN3O2S/c1-15-8-11-22(20(26)12-15)27-23(30)14-32-25-28-21-7-5-4-6-19(21)24(31)29(25)18-10-9-16(2)17(3)13-18/h4-13H,14H2,1-3H3,(H,27,30). The Kier molecular flexibility index (Phi) is 6.10. The van der Waals surface area contributed by atoms with E-state index >= 15 is 0 Å². The molecule has 0 atom stereocenters. The van der Waals surface area contributed by atoms with Crippen LogP contribution in [0.1, 0.15) is 16.7 Å². The Morgan fingerprint density at radius 1 is 1.03 bits per heavy atom. The molecule has 0 aliphatic rings. The number of aromatic nitrogens is 2. The maximum atomic E-state index is 14.1. The second kappa shape index (κ2) is 8.96. The predicted molar refractivity (Wildman–Crippen MR) is 127 cm³/mol. The fourth-order valence-corrected chi connectivity index (χ4v) is 4.15. The van der Waals surface area contributed by atoms with Crippen molar-refractivity contribution in [3.05, 3.63) is 93.5 Å². The minimum Gasteiger partial charge on any atom is -0.323 e. The number of hydrogen-bond acceptors (Lipinski definition) is 4. The number of para-hydroxylation sites is 1. The Labute approximate surface area is 189 Å². The number of fused-ring (bicyclic) bond motifs is 1. The molecule has 0 unspecified atom stereocenters. The van der Waals surface area contributed by atoms with Crippen molar-refractivity contribution in [3.8, 4) is 5.69 Å². The third kappa shape index (κ3) is 4.43. The van der Waals surface area contributed by atoms with E-state index in [4.69, 9.17) is 0 Å². The third-order valence-electron chi connectivity index (χ3n) is 5.22. The summed E-state index contributed by atoms with van der Waals surface area (Å²) in [5.74, 6) is -0.894. The molecule has 162 valence electrons. The zero-order chi connectivity index (χ0) is 22.8. The number of hydrogen-bond donors (Lipinski definition) is 1. The Morgan fingerprint density at radius 3 is 2.56 bits per heavy atom. The minimum atomic E-state index is -0.487. The summed E-state index contributed by atoms with van der Waals surface area (Å²) in [7, 11) is 0. The van der Waals surface area contributed by atoms with Gasteiger partial charge in [-0.2, -0.15) is 0 Å². The Hall–Kier alpha value is -3.45. The van der Waals surface area contributed by atoms with Crippen LogP contribution in [0.3, 0.4) is 0 Å². The van der Waals surface area contributed by atoms with Crippen LogP contribution in [0.25, 0.3) is 16.6 Å². The van der Waals surface area contributed by atoms with Crippen LogP contribution >= 0.6 is 11.8 Å². The van der Waals surface area contributed by atoms with Gasteiger partial charge in [0.2, 0.25) is 5.91 Å². The van der Waals surface area contributed by atoms with Crippen molar-refractivity contribution in [1.29, 1.82) is 0 Å². The van der Waals surface area contributed by atoms with Gasteiger partial charge in [-0.15, -0.1) is 0 Å². The molecule has 0 saturated heterocycles. The summed E-state index contributed by atoms with van der Waals surface area (Å²) in [6, 6.07) is 17.5. The van der Waals surface area contributed by atoms with Crippen molar-refractivity contribution in [1.82, 2.24) is 9.55 Å². The molecule has 0 radical (unpaired) electrons. The van der Waals surface area contributed by atoms with Crippen LogP contribution < -0.4 is 10.9 Å². The zero-order valence-electron chi connectivity index (χ0n) is 18.0. The van der Waals surface area contributed by atoms with Gasteiger partial charge in [-0.3, -0.25) is 14.2 Å². The van der Waals surface area contributed by atoms with Crippen LogP contribution in [0.4, 0.5) is 10.1 Å². The van der Waals surface area contributed by atoms with E-state index in [1.54, 1.807) is 31.2 Å². The molecule has 1 N–H and O–H groups in total. The SMILES string of the molecule is Cc1ccc(NC(=O)CSc2nc3ccccc3c(=O)n2-c2ccc(C)c(C)c2)c(F)c1. The van der Waals surface area contributed by atoms with Crippen molar-refractivity contribution >= 4 is 34.3 Å². The highest BCUT2D eigenvalue weighted by molar-refractivity contribution is 7.99. The number of amides is 1. The normalized spacial score (nSPS) is 11.0. The first kappa shape index (κ1) is 21.8. The van der Waals surface area contributed by atoms with Crippen LogP contribution in [0.2, 0.25) is 0 Å². The molecular formula is C25H22FN3O2S. The molecule has 0 bridgehead atoms. The van der Waals surface area contributed by atoms with Gasteiger partial charge in [-0.25, -0.2) is 9.37 Å². The number of halogens is 1. The van der Waals surface area contributed by atoms with Gasteiger partial charge < -0.3 is 5.32 Å². The molecule has 32 heavy (non-hydrogen) atoms. The summed E-state index contributed by atoms with van der Waals surface area (Å²) < 4.78 is 15.6. The maximum Gasteiger partial charge on any atom is 0.266 e. The van der Waals surface area contributed by atoms with E-state index in [-0.39, 0.29) is 22.9 Å². The van der Waals surface area contributed by atoms with Crippen LogP contribution in [0.15, 0.2) is 70.6 Å². The summed E-state index contributed by atoms with van der Waals surface area (Å²) in [5, 5.41) is 3.49. The lowest BCUT2D eigenvalue weighted by molar-refractivity contribution is -0.113. The minimum absolute atomic E-state index is 0.0249. The highest BCUT2D eigenvalue weighted by Gasteiger charge is 2.16. The quantitative estimate of drug-likeness (QED) is 0.338. The van der Waals surface area contributed by atoms with E-state index in [2.05, 4.69) is 10.3 Å². The lowest BCUT2D eigenvalue weighted by Gasteiger charge is -2.14. The van der Waals surface area contributed by atoms with E-state index in [1.807, 2.05) is 38.1 Å². The van der Waals surface area contributed by atoms with Gasteiger partial charge in [0.1, 0.15) is 5.82 Å². The second-order valence-corrected chi connectivity index (χ2v) is 8.58. The molecule has 0 aliphatic carbocycles. The first-order valence-electron chi connectivity index (χ1n) is 10.1. The van der Waals surface area contributed by atoms with Gasteiger partial charge in [0, 0.05) is 0 Å². The number of anilines is 1. The molecule has 4 aromatic rings. The van der Waals surface area contributed by atoms with E-state index in [0.29, 0.717) is 21.7 Å². The highest BCUT2D eigenvalue weighted by Crippen LogP contribution is 2.23. The molecule has 4 rings (SSSR count). The lowest BCUT2D eigenvalue weighted by atomic mass is 10.1. The summed E-state index contributed by atoms with van der Waals surface area (Å²) in [6.45, 7) is 5.77. The topological polar surface area (TPSA) is 64.0 Å². The van der Waals surface area contributed by atoms with Crippen LogP contribution in [0, 0.1) is 26.6 Å². The molecule has 0 aliphatic heterocycles. The molecule has 1 aromatic heterocycles. The van der Waals surface area contributed by atoms with E-state index < -0.39 is 5.82 Å². The maximum absolute atomic E-state index is 14.1. The van der Waals surface area contributed by atoms with Crippen molar-refractivity contribution in [2.75, 3.05) is 11.1 Å². The van der Waals surface area contributed by atoms with Gasteiger partial charge >= 0.3 is 0 Å². The Bertz CT molecular complexity index is 1400. The number of aryl methyl sites for hydroxylation is 3. The molecule has 0 fully saturated rings. The predicted octanol–water partition coefficient (Wildman–Crippen LogP) is 5.18. The van der Waals surface area contributed by atoms with Crippen molar-refractivity contribution < 1.29 is 9.18 Å². The number of benzene rings is 3. The summed E-state index contributed by atoms with van der Waals surface area (Å²) >= 11 is 1.13. The number of nitrogens with zero attached hydrogens (tertiary/aromatic N) is 2. The lowest BCUT2D eigenvalue weighted by Crippen LogP contribution is -2.23. The van der Waals surface area contributed by atoms with Crippen molar-refractivity contribution in [2.24, 2.45) is 0 Å². The number of carbonyl (C=O) groups excluding carboxylic acids is 1. The van der Waals surface area contributed by atoms with Crippen LogP contribution in [-0.2, 0) is 4.79 Å².